The lowest BCUT2D eigenvalue weighted by Gasteiger charge is -2.13. The minimum Gasteiger partial charge on any atom is -0.455 e. The Morgan fingerprint density at radius 1 is 0.524 bits per heavy atom. The SMILES string of the molecule is c1ccc2c(-c3nc4ccccc4n3-c3ccc(-c4c5ccccc5cc5c4oc4ccccc45)cc3)cccc2c1. The van der Waals surface area contributed by atoms with Gasteiger partial charge in [0.2, 0.25) is 0 Å². The summed E-state index contributed by atoms with van der Waals surface area (Å²) in [4.78, 5) is 5.14. The van der Waals surface area contributed by atoms with Gasteiger partial charge >= 0.3 is 0 Å². The van der Waals surface area contributed by atoms with Gasteiger partial charge in [0.05, 0.1) is 11.0 Å². The fourth-order valence-corrected chi connectivity index (χ4v) is 6.47. The zero-order valence-corrected chi connectivity index (χ0v) is 22.7. The van der Waals surface area contributed by atoms with E-state index in [0.717, 1.165) is 61.2 Å². The van der Waals surface area contributed by atoms with E-state index in [2.05, 4.69) is 138 Å². The molecular formula is C39H24N2O. The molecule has 3 heteroatoms. The standard InChI is InChI=1S/C39H24N2O/c1-3-13-29-25(10-1)12-9-16-32(29)39-40-34-17-6-7-18-35(34)41(39)28-22-20-26(21-23-28)37-30-14-4-2-11-27(30)24-33-31-15-5-8-19-36(31)42-38(33)37/h1-24H. The first kappa shape index (κ1) is 23.1. The fraction of sp³-hybridized carbons (Fsp3) is 0. The van der Waals surface area contributed by atoms with E-state index in [1.165, 1.54) is 21.5 Å². The van der Waals surface area contributed by atoms with Gasteiger partial charge in [-0.15, -0.1) is 0 Å². The Morgan fingerprint density at radius 3 is 2.10 bits per heavy atom. The summed E-state index contributed by atoms with van der Waals surface area (Å²) >= 11 is 0. The van der Waals surface area contributed by atoms with Gasteiger partial charge in [0.25, 0.3) is 0 Å². The lowest BCUT2D eigenvalue weighted by molar-refractivity contribution is 0.670. The van der Waals surface area contributed by atoms with Crippen LogP contribution >= 0.6 is 0 Å². The third-order valence-corrected chi connectivity index (χ3v) is 8.40. The highest BCUT2D eigenvalue weighted by Gasteiger charge is 2.19. The van der Waals surface area contributed by atoms with Crippen LogP contribution < -0.4 is 0 Å². The number of fused-ring (bicyclic) bond motifs is 6. The molecule has 0 amide bonds. The molecule has 9 aromatic rings. The Morgan fingerprint density at radius 2 is 1.21 bits per heavy atom. The first-order valence-corrected chi connectivity index (χ1v) is 14.2. The largest absolute Gasteiger partial charge is 0.455 e. The van der Waals surface area contributed by atoms with Gasteiger partial charge in [0.15, 0.2) is 0 Å². The van der Waals surface area contributed by atoms with E-state index < -0.39 is 0 Å². The quantitative estimate of drug-likeness (QED) is 0.225. The molecule has 0 aliphatic carbocycles. The van der Waals surface area contributed by atoms with E-state index in [-0.39, 0.29) is 0 Å². The van der Waals surface area contributed by atoms with Gasteiger partial charge in [-0.3, -0.25) is 4.57 Å². The van der Waals surface area contributed by atoms with Crippen molar-refractivity contribution in [2.24, 2.45) is 0 Å². The Bertz CT molecular complexity index is 2460. The summed E-state index contributed by atoms with van der Waals surface area (Å²) in [7, 11) is 0. The normalized spacial score (nSPS) is 11.8. The Labute approximate surface area is 241 Å². The second-order valence-corrected chi connectivity index (χ2v) is 10.8. The van der Waals surface area contributed by atoms with E-state index in [1.54, 1.807) is 0 Å². The van der Waals surface area contributed by atoms with Gasteiger partial charge in [0, 0.05) is 27.6 Å². The highest BCUT2D eigenvalue weighted by Crippen LogP contribution is 2.41. The number of para-hydroxylation sites is 3. The number of nitrogens with zero attached hydrogens (tertiary/aromatic N) is 2. The zero-order valence-electron chi connectivity index (χ0n) is 22.7. The number of imidazole rings is 1. The van der Waals surface area contributed by atoms with Crippen molar-refractivity contribution in [1.29, 1.82) is 0 Å². The number of rotatable bonds is 3. The van der Waals surface area contributed by atoms with Crippen LogP contribution in [0.15, 0.2) is 150 Å². The van der Waals surface area contributed by atoms with Gasteiger partial charge in [-0.25, -0.2) is 4.98 Å². The molecule has 0 spiro atoms. The molecule has 9 rings (SSSR count). The Hall–Kier alpha value is -5.67. The van der Waals surface area contributed by atoms with E-state index in [4.69, 9.17) is 9.40 Å². The van der Waals surface area contributed by atoms with Crippen LogP contribution in [0.5, 0.6) is 0 Å². The smallest absolute Gasteiger partial charge is 0.146 e. The molecule has 0 unspecified atom stereocenters. The van der Waals surface area contributed by atoms with Crippen molar-refractivity contribution in [3.8, 4) is 28.2 Å². The predicted octanol–water partition coefficient (Wildman–Crippen LogP) is 10.6. The summed E-state index contributed by atoms with van der Waals surface area (Å²) in [5, 5.41) is 7.06. The van der Waals surface area contributed by atoms with Crippen molar-refractivity contribution < 1.29 is 4.42 Å². The summed E-state index contributed by atoms with van der Waals surface area (Å²) in [5.74, 6) is 0.936. The molecule has 0 aliphatic heterocycles. The van der Waals surface area contributed by atoms with Crippen LogP contribution in [0, 0.1) is 0 Å². The topological polar surface area (TPSA) is 31.0 Å². The van der Waals surface area contributed by atoms with E-state index in [0.29, 0.717) is 0 Å². The highest BCUT2D eigenvalue weighted by atomic mass is 16.3. The molecule has 196 valence electrons. The van der Waals surface area contributed by atoms with Crippen LogP contribution in [-0.2, 0) is 0 Å². The molecule has 0 saturated carbocycles. The molecule has 0 saturated heterocycles. The maximum atomic E-state index is 6.51. The van der Waals surface area contributed by atoms with Gasteiger partial charge in [-0.05, 0) is 63.5 Å². The van der Waals surface area contributed by atoms with Crippen LogP contribution in [-0.4, -0.2) is 9.55 Å². The molecular weight excluding hydrogens is 512 g/mol. The first-order chi connectivity index (χ1) is 20.8. The maximum absolute atomic E-state index is 6.51. The Kier molecular flexibility index (Phi) is 4.90. The molecule has 0 radical (unpaired) electrons. The van der Waals surface area contributed by atoms with Crippen LogP contribution in [0.4, 0.5) is 0 Å². The number of furan rings is 1. The Balaban J connectivity index is 1.28. The third kappa shape index (κ3) is 3.37. The summed E-state index contributed by atoms with van der Waals surface area (Å²) in [6.07, 6.45) is 0. The molecule has 0 aliphatic rings. The number of benzene rings is 7. The van der Waals surface area contributed by atoms with Crippen molar-refractivity contribution in [2.45, 2.75) is 0 Å². The van der Waals surface area contributed by atoms with E-state index in [1.807, 2.05) is 12.1 Å². The number of hydrogen-bond acceptors (Lipinski definition) is 2. The average molecular weight is 537 g/mol. The molecule has 42 heavy (non-hydrogen) atoms. The van der Waals surface area contributed by atoms with Crippen molar-refractivity contribution in [3.63, 3.8) is 0 Å². The number of hydrogen-bond donors (Lipinski definition) is 0. The second-order valence-electron chi connectivity index (χ2n) is 10.8. The lowest BCUT2D eigenvalue weighted by Crippen LogP contribution is -1.98. The average Bonchev–Trinajstić information content (AvgIpc) is 3.62. The molecule has 2 heterocycles. The predicted molar refractivity (Wildman–Crippen MR) is 174 cm³/mol. The number of aromatic nitrogens is 2. The molecule has 0 N–H and O–H groups in total. The fourth-order valence-electron chi connectivity index (χ4n) is 6.47. The first-order valence-electron chi connectivity index (χ1n) is 14.2. The van der Waals surface area contributed by atoms with Crippen molar-refractivity contribution in [1.82, 2.24) is 9.55 Å². The van der Waals surface area contributed by atoms with Crippen LogP contribution in [0.3, 0.4) is 0 Å². The van der Waals surface area contributed by atoms with Gasteiger partial charge in [0.1, 0.15) is 17.0 Å². The molecule has 2 aromatic heterocycles. The molecule has 0 fully saturated rings. The second kappa shape index (κ2) is 8.92. The molecule has 0 bridgehead atoms. The summed E-state index contributed by atoms with van der Waals surface area (Å²) in [5.41, 5.74) is 8.31. The zero-order chi connectivity index (χ0) is 27.6. The molecule has 7 aromatic carbocycles. The van der Waals surface area contributed by atoms with E-state index >= 15 is 0 Å². The monoisotopic (exact) mass is 536 g/mol. The van der Waals surface area contributed by atoms with Crippen LogP contribution in [0.25, 0.3) is 82.7 Å². The maximum Gasteiger partial charge on any atom is 0.146 e. The summed E-state index contributed by atoms with van der Waals surface area (Å²) < 4.78 is 8.79. The van der Waals surface area contributed by atoms with Crippen LogP contribution in [0.2, 0.25) is 0 Å². The third-order valence-electron chi connectivity index (χ3n) is 8.40. The summed E-state index contributed by atoms with van der Waals surface area (Å²) in [6.45, 7) is 0. The minimum absolute atomic E-state index is 0.908. The highest BCUT2D eigenvalue weighted by molar-refractivity contribution is 6.18. The minimum atomic E-state index is 0.908. The molecule has 3 nitrogen and oxygen atoms in total. The van der Waals surface area contributed by atoms with Crippen LogP contribution in [0.1, 0.15) is 0 Å². The van der Waals surface area contributed by atoms with Crippen molar-refractivity contribution in [3.05, 3.63) is 146 Å². The van der Waals surface area contributed by atoms with E-state index in [9.17, 15) is 0 Å². The van der Waals surface area contributed by atoms with Gasteiger partial charge < -0.3 is 4.42 Å². The van der Waals surface area contributed by atoms with Crippen molar-refractivity contribution >= 4 is 54.5 Å². The van der Waals surface area contributed by atoms with Gasteiger partial charge in [-0.1, -0.05) is 109 Å². The lowest BCUT2D eigenvalue weighted by atomic mass is 9.95. The van der Waals surface area contributed by atoms with Crippen molar-refractivity contribution in [2.75, 3.05) is 0 Å². The summed E-state index contributed by atoms with van der Waals surface area (Å²) in [6, 6.07) is 51.3. The molecule has 0 atom stereocenters. The van der Waals surface area contributed by atoms with Gasteiger partial charge in [-0.2, -0.15) is 0 Å².